The molecule has 0 amide bonds. The Morgan fingerprint density at radius 1 is 1.17 bits per heavy atom. The quantitative estimate of drug-likeness (QED) is 0.431. The van der Waals surface area contributed by atoms with Crippen molar-refractivity contribution in [2.75, 3.05) is 52.1 Å². The Labute approximate surface area is 153 Å². The van der Waals surface area contributed by atoms with Crippen LogP contribution in [0.15, 0.2) is 4.99 Å². The van der Waals surface area contributed by atoms with Gasteiger partial charge in [0.05, 0.1) is 0 Å². The maximum absolute atomic E-state index is 4.57. The number of hydrogen-bond donors (Lipinski definition) is 1. The highest BCUT2D eigenvalue weighted by Crippen LogP contribution is 2.42. The summed E-state index contributed by atoms with van der Waals surface area (Å²) in [6.07, 6.45) is 9.55. The van der Waals surface area contributed by atoms with E-state index in [0.29, 0.717) is 4.75 Å². The van der Waals surface area contributed by atoms with E-state index in [-0.39, 0.29) is 0 Å². The van der Waals surface area contributed by atoms with Crippen molar-refractivity contribution in [2.24, 2.45) is 4.99 Å². The van der Waals surface area contributed by atoms with E-state index in [1.165, 1.54) is 76.9 Å². The molecule has 2 aliphatic rings. The summed E-state index contributed by atoms with van der Waals surface area (Å²) in [5.74, 6) is 2.38. The summed E-state index contributed by atoms with van der Waals surface area (Å²) < 4.78 is 0.511. The highest BCUT2D eigenvalue weighted by atomic mass is 32.2. The normalized spacial score (nSPS) is 21.5. The lowest BCUT2D eigenvalue weighted by Crippen LogP contribution is -2.53. The third-order valence-electron chi connectivity index (χ3n) is 5.60. The van der Waals surface area contributed by atoms with Crippen LogP contribution in [-0.2, 0) is 0 Å². The van der Waals surface area contributed by atoms with E-state index in [2.05, 4.69) is 45.7 Å². The summed E-state index contributed by atoms with van der Waals surface area (Å²) in [5, 5.41) is 3.62. The molecule has 0 radical (unpaired) electrons. The number of aliphatic imine (C=N–C) groups is 1. The first-order valence-electron chi connectivity index (χ1n) is 10.0. The summed E-state index contributed by atoms with van der Waals surface area (Å²) in [7, 11) is 1.94. The zero-order valence-electron chi connectivity index (χ0n) is 16.1. The lowest BCUT2D eigenvalue weighted by Gasteiger charge is -2.45. The lowest BCUT2D eigenvalue weighted by molar-refractivity contribution is 0.290. The summed E-state index contributed by atoms with van der Waals surface area (Å²) in [4.78, 5) is 9.59. The van der Waals surface area contributed by atoms with Crippen LogP contribution in [0.1, 0.15) is 58.8 Å². The predicted molar refractivity (Wildman–Crippen MR) is 108 cm³/mol. The fraction of sp³-hybridized carbons (Fsp3) is 0.947. The summed E-state index contributed by atoms with van der Waals surface area (Å²) >= 11 is 2.23. The molecule has 0 bridgehead atoms. The van der Waals surface area contributed by atoms with Crippen LogP contribution in [0.3, 0.4) is 0 Å². The molecule has 1 N–H and O–H groups in total. The molecule has 1 saturated heterocycles. The van der Waals surface area contributed by atoms with Crippen LogP contribution < -0.4 is 5.32 Å². The van der Waals surface area contributed by atoms with Crippen molar-refractivity contribution in [2.45, 2.75) is 63.5 Å². The molecule has 4 nitrogen and oxygen atoms in total. The number of hydrogen-bond acceptors (Lipinski definition) is 3. The molecule has 0 unspecified atom stereocenters. The number of guanidine groups is 1. The number of unbranched alkanes of at least 4 members (excludes halogenated alkanes) is 1. The molecule has 0 atom stereocenters. The second-order valence-corrected chi connectivity index (χ2v) is 8.78. The molecular formula is C19H38N4S. The summed E-state index contributed by atoms with van der Waals surface area (Å²) in [6.45, 7) is 11.4. The first-order chi connectivity index (χ1) is 11.7. The average Bonchev–Trinajstić information content (AvgIpc) is 2.62. The zero-order valence-corrected chi connectivity index (χ0v) is 17.0. The van der Waals surface area contributed by atoms with E-state index in [0.717, 1.165) is 19.0 Å². The number of nitrogens with one attached hydrogen (secondary N) is 1. The third-order valence-corrected chi connectivity index (χ3v) is 7.14. The van der Waals surface area contributed by atoms with E-state index in [4.69, 9.17) is 0 Å². The van der Waals surface area contributed by atoms with E-state index >= 15 is 0 Å². The van der Waals surface area contributed by atoms with Gasteiger partial charge in [0, 0.05) is 37.2 Å². The largest absolute Gasteiger partial charge is 0.356 e. The number of nitrogens with zero attached hydrogens (tertiary/aromatic N) is 3. The molecule has 0 aromatic carbocycles. The van der Waals surface area contributed by atoms with Gasteiger partial charge in [0.25, 0.3) is 0 Å². The smallest absolute Gasteiger partial charge is 0.193 e. The average molecular weight is 355 g/mol. The summed E-state index contributed by atoms with van der Waals surface area (Å²) in [6, 6.07) is 0. The topological polar surface area (TPSA) is 30.9 Å². The molecule has 24 heavy (non-hydrogen) atoms. The zero-order chi connectivity index (χ0) is 17.3. The van der Waals surface area contributed by atoms with Gasteiger partial charge in [0.15, 0.2) is 5.96 Å². The molecule has 1 aliphatic heterocycles. The standard InChI is InChI=1S/C19H38N4S/c1-4-22(5-2)14-10-9-13-21-18(20-3)23-15-16-24-19(17-23)11-7-6-8-12-19/h4-17H2,1-3H3,(H,20,21). The molecule has 2 fully saturated rings. The van der Waals surface area contributed by atoms with Gasteiger partial charge in [0.2, 0.25) is 0 Å². The van der Waals surface area contributed by atoms with Crippen LogP contribution in [0, 0.1) is 0 Å². The van der Waals surface area contributed by atoms with E-state index in [1.54, 1.807) is 0 Å². The van der Waals surface area contributed by atoms with Crippen LogP contribution in [0.2, 0.25) is 0 Å². The number of rotatable bonds is 7. The van der Waals surface area contributed by atoms with Gasteiger partial charge < -0.3 is 15.1 Å². The lowest BCUT2D eigenvalue weighted by atomic mass is 9.87. The van der Waals surface area contributed by atoms with Crippen molar-refractivity contribution in [3.8, 4) is 0 Å². The fourth-order valence-corrected chi connectivity index (χ4v) is 5.63. The van der Waals surface area contributed by atoms with Crippen LogP contribution in [0.25, 0.3) is 0 Å². The first kappa shape index (κ1) is 19.9. The van der Waals surface area contributed by atoms with E-state index < -0.39 is 0 Å². The Morgan fingerprint density at radius 2 is 1.92 bits per heavy atom. The fourth-order valence-electron chi connectivity index (χ4n) is 4.06. The van der Waals surface area contributed by atoms with E-state index in [9.17, 15) is 0 Å². The first-order valence-corrected chi connectivity index (χ1v) is 11.0. The molecule has 2 rings (SSSR count). The molecule has 1 heterocycles. The van der Waals surface area contributed by atoms with Gasteiger partial charge in [-0.2, -0.15) is 11.8 Å². The van der Waals surface area contributed by atoms with Gasteiger partial charge in [-0.1, -0.05) is 33.1 Å². The van der Waals surface area contributed by atoms with Gasteiger partial charge in [0.1, 0.15) is 0 Å². The molecule has 0 aromatic rings. The van der Waals surface area contributed by atoms with Crippen molar-refractivity contribution >= 4 is 17.7 Å². The predicted octanol–water partition coefficient (Wildman–Crippen LogP) is 3.44. The van der Waals surface area contributed by atoms with Gasteiger partial charge in [-0.3, -0.25) is 4.99 Å². The monoisotopic (exact) mass is 354 g/mol. The Morgan fingerprint density at radius 3 is 2.58 bits per heavy atom. The molecule has 5 heteroatoms. The third kappa shape index (κ3) is 5.83. The SMILES string of the molecule is CCN(CC)CCCCNC(=NC)N1CCSC2(CCCCC2)C1. The highest BCUT2D eigenvalue weighted by Gasteiger charge is 2.38. The van der Waals surface area contributed by atoms with Crippen LogP contribution in [0.5, 0.6) is 0 Å². The van der Waals surface area contributed by atoms with Gasteiger partial charge in [-0.25, -0.2) is 0 Å². The van der Waals surface area contributed by atoms with Crippen molar-refractivity contribution in [3.05, 3.63) is 0 Å². The van der Waals surface area contributed by atoms with Crippen molar-refractivity contribution < 1.29 is 0 Å². The van der Waals surface area contributed by atoms with Crippen LogP contribution >= 0.6 is 11.8 Å². The maximum Gasteiger partial charge on any atom is 0.193 e. The molecular weight excluding hydrogens is 316 g/mol. The highest BCUT2D eigenvalue weighted by molar-refractivity contribution is 8.00. The van der Waals surface area contributed by atoms with E-state index in [1.807, 2.05) is 7.05 Å². The number of thioether (sulfide) groups is 1. The maximum atomic E-state index is 4.57. The summed E-state index contributed by atoms with van der Waals surface area (Å²) in [5.41, 5.74) is 0. The minimum Gasteiger partial charge on any atom is -0.356 e. The molecule has 140 valence electrons. The second kappa shape index (κ2) is 10.5. The minimum atomic E-state index is 0.511. The van der Waals surface area contributed by atoms with Crippen molar-refractivity contribution in [3.63, 3.8) is 0 Å². The Kier molecular flexibility index (Phi) is 8.74. The Bertz CT molecular complexity index is 370. The Hall–Kier alpha value is -0.420. The van der Waals surface area contributed by atoms with Gasteiger partial charge >= 0.3 is 0 Å². The molecule has 1 spiro atoms. The molecule has 1 saturated carbocycles. The van der Waals surface area contributed by atoms with Crippen LogP contribution in [-0.4, -0.2) is 72.6 Å². The van der Waals surface area contributed by atoms with Crippen LogP contribution in [0.4, 0.5) is 0 Å². The second-order valence-electron chi connectivity index (χ2n) is 7.22. The van der Waals surface area contributed by atoms with Gasteiger partial charge in [-0.05, 0) is 45.3 Å². The molecule has 0 aromatic heterocycles. The van der Waals surface area contributed by atoms with Gasteiger partial charge in [-0.15, -0.1) is 0 Å². The minimum absolute atomic E-state index is 0.511. The van der Waals surface area contributed by atoms with Crippen molar-refractivity contribution in [1.82, 2.24) is 15.1 Å². The van der Waals surface area contributed by atoms with Crippen molar-refractivity contribution in [1.29, 1.82) is 0 Å². The molecule has 1 aliphatic carbocycles. The Balaban J connectivity index is 1.73.